The summed E-state index contributed by atoms with van der Waals surface area (Å²) < 4.78 is 5.55. The highest BCUT2D eigenvalue weighted by Gasteiger charge is 2.28. The average molecular weight is 283 g/mol. The molecule has 4 heteroatoms. The molecule has 0 spiro atoms. The highest BCUT2D eigenvalue weighted by Crippen LogP contribution is 2.35. The van der Waals surface area contributed by atoms with Gasteiger partial charge in [-0.05, 0) is 49.8 Å². The molecule has 1 aliphatic heterocycles. The highest BCUT2D eigenvalue weighted by atomic mass is 16.5. The van der Waals surface area contributed by atoms with Gasteiger partial charge >= 0.3 is 0 Å². The van der Waals surface area contributed by atoms with Gasteiger partial charge in [0, 0.05) is 5.92 Å². The lowest BCUT2D eigenvalue weighted by atomic mass is 9.82. The Morgan fingerprint density at radius 2 is 2.05 bits per heavy atom. The summed E-state index contributed by atoms with van der Waals surface area (Å²) in [7, 11) is 0. The number of nitrogens with zero attached hydrogens (tertiary/aromatic N) is 2. The number of hydrogen-bond acceptors (Lipinski definition) is 4. The molecule has 1 unspecified atom stereocenters. The number of hydrogen-bond donors (Lipinski definition) is 1. The molecule has 0 saturated carbocycles. The van der Waals surface area contributed by atoms with Crippen molar-refractivity contribution in [3.05, 3.63) is 47.1 Å². The van der Waals surface area contributed by atoms with Gasteiger partial charge in [-0.25, -0.2) is 0 Å². The summed E-state index contributed by atoms with van der Waals surface area (Å²) in [6.07, 6.45) is 7.07. The van der Waals surface area contributed by atoms with Crippen LogP contribution in [-0.2, 0) is 6.42 Å². The second-order valence-electron chi connectivity index (χ2n) is 6.14. The maximum absolute atomic E-state index is 5.55. The van der Waals surface area contributed by atoms with Crippen LogP contribution >= 0.6 is 0 Å². The van der Waals surface area contributed by atoms with Gasteiger partial charge in [-0.1, -0.05) is 35.8 Å². The van der Waals surface area contributed by atoms with Crippen LogP contribution in [0.1, 0.15) is 66.9 Å². The van der Waals surface area contributed by atoms with Crippen LogP contribution in [-0.4, -0.2) is 16.7 Å². The minimum Gasteiger partial charge on any atom is -0.338 e. The molecule has 0 radical (unpaired) electrons. The molecule has 0 amide bonds. The van der Waals surface area contributed by atoms with Gasteiger partial charge in [-0.3, -0.25) is 0 Å². The van der Waals surface area contributed by atoms with Gasteiger partial charge in [0.2, 0.25) is 5.89 Å². The molecule has 21 heavy (non-hydrogen) atoms. The van der Waals surface area contributed by atoms with Crippen molar-refractivity contribution in [2.75, 3.05) is 6.54 Å². The molecule has 1 fully saturated rings. The molecular formula is C17H21N3O. The molecule has 1 aromatic carbocycles. The Kier molecular flexibility index (Phi) is 3.47. The van der Waals surface area contributed by atoms with Crippen LogP contribution < -0.4 is 5.32 Å². The lowest BCUT2D eigenvalue weighted by molar-refractivity contribution is 0.295. The summed E-state index contributed by atoms with van der Waals surface area (Å²) in [5, 5.41) is 7.76. The molecule has 4 rings (SSSR count). The van der Waals surface area contributed by atoms with Crippen molar-refractivity contribution < 1.29 is 4.52 Å². The molecule has 1 N–H and O–H groups in total. The molecule has 2 aromatic rings. The van der Waals surface area contributed by atoms with E-state index in [1.54, 1.807) is 0 Å². The Hall–Kier alpha value is -1.68. The van der Waals surface area contributed by atoms with E-state index in [0.717, 1.165) is 31.1 Å². The Morgan fingerprint density at radius 3 is 2.95 bits per heavy atom. The Labute approximate surface area is 124 Å². The number of rotatable bonds is 2. The van der Waals surface area contributed by atoms with Gasteiger partial charge in [-0.2, -0.15) is 4.98 Å². The van der Waals surface area contributed by atoms with Gasteiger partial charge in [0.1, 0.15) is 0 Å². The minimum absolute atomic E-state index is 0.249. The predicted octanol–water partition coefficient (Wildman–Crippen LogP) is 3.35. The van der Waals surface area contributed by atoms with Crippen LogP contribution in [0.2, 0.25) is 0 Å². The van der Waals surface area contributed by atoms with E-state index in [-0.39, 0.29) is 6.04 Å². The number of aryl methyl sites for hydroxylation is 1. The molecule has 2 aliphatic rings. The lowest BCUT2D eigenvalue weighted by Gasteiger charge is -2.23. The van der Waals surface area contributed by atoms with Crippen molar-refractivity contribution >= 4 is 0 Å². The zero-order chi connectivity index (χ0) is 14.1. The largest absolute Gasteiger partial charge is 0.338 e. The molecule has 1 aromatic heterocycles. The van der Waals surface area contributed by atoms with E-state index < -0.39 is 0 Å². The first-order chi connectivity index (χ1) is 10.4. The average Bonchev–Trinajstić information content (AvgIpc) is 3.05. The zero-order valence-electron chi connectivity index (χ0n) is 12.2. The fourth-order valence-electron chi connectivity index (χ4n) is 3.62. The molecule has 110 valence electrons. The monoisotopic (exact) mass is 283 g/mol. The van der Waals surface area contributed by atoms with Gasteiger partial charge in [0.25, 0.3) is 0 Å². The van der Waals surface area contributed by atoms with E-state index in [4.69, 9.17) is 9.51 Å². The molecule has 1 aliphatic carbocycles. The van der Waals surface area contributed by atoms with Gasteiger partial charge in [-0.15, -0.1) is 0 Å². The minimum atomic E-state index is 0.249. The predicted molar refractivity (Wildman–Crippen MR) is 80.1 cm³/mol. The molecule has 2 atom stereocenters. The third-order valence-electron chi connectivity index (χ3n) is 4.75. The molecule has 0 bridgehead atoms. The smallest absolute Gasteiger partial charge is 0.243 e. The Bertz CT molecular complexity index is 616. The number of nitrogens with one attached hydrogen (secondary N) is 1. The summed E-state index contributed by atoms with van der Waals surface area (Å²) in [4.78, 5) is 4.72. The fraction of sp³-hybridized carbons (Fsp3) is 0.529. The van der Waals surface area contributed by atoms with Crippen molar-refractivity contribution in [2.24, 2.45) is 0 Å². The number of benzene rings is 1. The van der Waals surface area contributed by atoms with Crippen LogP contribution in [0.15, 0.2) is 28.8 Å². The standard InChI is InChI=1S/C17H21N3O/c1-2-8-13-12(6-1)7-5-9-14(13)16-19-17(21-20-16)15-10-3-4-11-18-15/h1-2,6,8,14-15,18H,3-5,7,9-11H2/t14?,15-/m0/s1. The second-order valence-corrected chi connectivity index (χ2v) is 6.14. The van der Waals surface area contributed by atoms with E-state index in [1.807, 2.05) is 0 Å². The van der Waals surface area contributed by atoms with E-state index >= 15 is 0 Å². The van der Waals surface area contributed by atoms with Crippen LogP contribution in [0.3, 0.4) is 0 Å². The molecule has 1 saturated heterocycles. The van der Waals surface area contributed by atoms with Crippen molar-refractivity contribution in [1.29, 1.82) is 0 Å². The maximum Gasteiger partial charge on any atom is 0.243 e. The van der Waals surface area contributed by atoms with Gasteiger partial charge in [0.05, 0.1) is 6.04 Å². The molecule has 4 nitrogen and oxygen atoms in total. The van der Waals surface area contributed by atoms with Crippen LogP contribution in [0.4, 0.5) is 0 Å². The lowest BCUT2D eigenvalue weighted by Crippen LogP contribution is -2.27. The molecular weight excluding hydrogens is 262 g/mol. The summed E-state index contributed by atoms with van der Waals surface area (Å²) in [5.74, 6) is 1.94. The normalized spacial score (nSPS) is 25.5. The van der Waals surface area contributed by atoms with Crippen LogP contribution in [0.5, 0.6) is 0 Å². The third kappa shape index (κ3) is 2.48. The van der Waals surface area contributed by atoms with Crippen LogP contribution in [0, 0.1) is 0 Å². The van der Waals surface area contributed by atoms with E-state index in [1.165, 1.54) is 36.8 Å². The third-order valence-corrected chi connectivity index (χ3v) is 4.75. The molecule has 2 heterocycles. The van der Waals surface area contributed by atoms with Crippen molar-refractivity contribution in [1.82, 2.24) is 15.5 Å². The Balaban J connectivity index is 1.61. The summed E-state index contributed by atoms with van der Waals surface area (Å²) in [6.45, 7) is 1.05. The van der Waals surface area contributed by atoms with Crippen molar-refractivity contribution in [2.45, 2.75) is 50.5 Å². The second kappa shape index (κ2) is 5.60. The first kappa shape index (κ1) is 13.0. The van der Waals surface area contributed by atoms with Gasteiger partial charge < -0.3 is 9.84 Å². The zero-order valence-corrected chi connectivity index (χ0v) is 12.2. The first-order valence-electron chi connectivity index (χ1n) is 8.06. The Morgan fingerprint density at radius 1 is 1.10 bits per heavy atom. The fourth-order valence-corrected chi connectivity index (χ4v) is 3.62. The number of piperidine rings is 1. The summed E-state index contributed by atoms with van der Waals surface area (Å²) in [6, 6.07) is 8.92. The maximum atomic E-state index is 5.55. The van der Waals surface area contributed by atoms with Crippen molar-refractivity contribution in [3.8, 4) is 0 Å². The van der Waals surface area contributed by atoms with E-state index in [9.17, 15) is 0 Å². The van der Waals surface area contributed by atoms with E-state index in [2.05, 4.69) is 34.7 Å². The number of fused-ring (bicyclic) bond motifs is 1. The van der Waals surface area contributed by atoms with Crippen LogP contribution in [0.25, 0.3) is 0 Å². The quantitative estimate of drug-likeness (QED) is 0.918. The number of aromatic nitrogens is 2. The van der Waals surface area contributed by atoms with Crippen molar-refractivity contribution in [3.63, 3.8) is 0 Å². The highest BCUT2D eigenvalue weighted by molar-refractivity contribution is 5.36. The topological polar surface area (TPSA) is 51.0 Å². The summed E-state index contributed by atoms with van der Waals surface area (Å²) >= 11 is 0. The van der Waals surface area contributed by atoms with E-state index in [0.29, 0.717) is 5.92 Å². The summed E-state index contributed by atoms with van der Waals surface area (Å²) in [5.41, 5.74) is 2.82. The van der Waals surface area contributed by atoms with Gasteiger partial charge in [0.15, 0.2) is 5.82 Å². The SMILES string of the molecule is c1ccc2c(c1)CCCC2c1noc([C@@H]2CCCCN2)n1. The first-order valence-corrected chi connectivity index (χ1v) is 8.06.